The Kier molecular flexibility index (Phi) is 4.60. The third-order valence-corrected chi connectivity index (χ3v) is 5.79. The summed E-state index contributed by atoms with van der Waals surface area (Å²) in [6.07, 6.45) is 11.8. The Balaban J connectivity index is 1.65. The summed E-state index contributed by atoms with van der Waals surface area (Å²) >= 11 is 4.63. The van der Waals surface area contributed by atoms with E-state index in [9.17, 15) is 0 Å². The predicted molar refractivity (Wildman–Crippen MR) is 88.0 cm³/mol. The Morgan fingerprint density at radius 3 is 2.45 bits per heavy atom. The normalized spacial score (nSPS) is 21.2. The molecule has 0 aromatic heterocycles. The smallest absolute Gasteiger partial charge is 0.119 e. The van der Waals surface area contributed by atoms with Crippen LogP contribution in [0.4, 0.5) is 0 Å². The number of hydrogen-bond acceptors (Lipinski definition) is 2. The van der Waals surface area contributed by atoms with Gasteiger partial charge in [-0.15, -0.1) is 0 Å². The Morgan fingerprint density at radius 1 is 0.950 bits per heavy atom. The molecular formula is C18H26OS. The fourth-order valence-electron chi connectivity index (χ4n) is 3.70. The van der Waals surface area contributed by atoms with Crippen molar-refractivity contribution in [1.82, 2.24) is 0 Å². The summed E-state index contributed by atoms with van der Waals surface area (Å²) in [6.45, 7) is 0.843. The number of rotatable bonds is 4. The molecule has 110 valence electrons. The summed E-state index contributed by atoms with van der Waals surface area (Å²) in [5.41, 5.74) is 3.33. The highest BCUT2D eigenvalue weighted by Gasteiger charge is 2.30. The average Bonchev–Trinajstić information content (AvgIpc) is 2.82. The van der Waals surface area contributed by atoms with E-state index in [1.807, 2.05) is 0 Å². The monoisotopic (exact) mass is 290 g/mol. The fraction of sp³-hybridized carbons (Fsp3) is 0.667. The number of ether oxygens (including phenoxy) is 1. The van der Waals surface area contributed by atoms with Crippen molar-refractivity contribution in [3.8, 4) is 5.75 Å². The Hall–Kier alpha value is -0.630. The van der Waals surface area contributed by atoms with Gasteiger partial charge in [-0.3, -0.25) is 0 Å². The van der Waals surface area contributed by atoms with Gasteiger partial charge in [0.1, 0.15) is 5.75 Å². The van der Waals surface area contributed by atoms with Crippen LogP contribution in [0.2, 0.25) is 0 Å². The topological polar surface area (TPSA) is 9.23 Å². The summed E-state index contributed by atoms with van der Waals surface area (Å²) in [7, 11) is 0. The number of fused-ring (bicyclic) bond motifs is 1. The molecule has 0 bridgehead atoms. The molecule has 0 radical (unpaired) electrons. The molecule has 0 aliphatic heterocycles. The second-order valence-electron chi connectivity index (χ2n) is 6.65. The van der Waals surface area contributed by atoms with Crippen LogP contribution >= 0.6 is 12.6 Å². The molecule has 0 N–H and O–H groups in total. The van der Waals surface area contributed by atoms with E-state index in [1.165, 1.54) is 68.9 Å². The second kappa shape index (κ2) is 6.43. The summed E-state index contributed by atoms with van der Waals surface area (Å²) in [5.74, 6) is 2.02. The van der Waals surface area contributed by atoms with Gasteiger partial charge >= 0.3 is 0 Å². The van der Waals surface area contributed by atoms with Gasteiger partial charge in [0.25, 0.3) is 0 Å². The van der Waals surface area contributed by atoms with Crippen molar-refractivity contribution in [3.05, 3.63) is 29.3 Å². The molecule has 2 aliphatic rings. The number of benzene rings is 1. The van der Waals surface area contributed by atoms with E-state index in [-0.39, 0.29) is 0 Å². The van der Waals surface area contributed by atoms with Crippen molar-refractivity contribution in [2.24, 2.45) is 5.41 Å². The van der Waals surface area contributed by atoms with Crippen LogP contribution in [-0.2, 0) is 12.8 Å². The number of hydrogen-bond donors (Lipinski definition) is 1. The van der Waals surface area contributed by atoms with Crippen molar-refractivity contribution in [2.45, 2.75) is 57.8 Å². The van der Waals surface area contributed by atoms with Crippen molar-refractivity contribution >= 4 is 12.6 Å². The van der Waals surface area contributed by atoms with Gasteiger partial charge in [0.05, 0.1) is 6.61 Å². The molecule has 1 saturated carbocycles. The van der Waals surface area contributed by atoms with Crippen LogP contribution in [0.15, 0.2) is 18.2 Å². The highest BCUT2D eigenvalue weighted by molar-refractivity contribution is 7.80. The van der Waals surface area contributed by atoms with Crippen molar-refractivity contribution in [2.75, 3.05) is 12.4 Å². The molecular weight excluding hydrogens is 264 g/mol. The molecule has 0 atom stereocenters. The van der Waals surface area contributed by atoms with E-state index in [1.54, 1.807) is 0 Å². The Labute approximate surface area is 128 Å². The van der Waals surface area contributed by atoms with E-state index in [4.69, 9.17) is 4.74 Å². The van der Waals surface area contributed by atoms with Gasteiger partial charge in [-0.25, -0.2) is 0 Å². The zero-order valence-electron chi connectivity index (χ0n) is 12.4. The summed E-state index contributed by atoms with van der Waals surface area (Å²) in [6, 6.07) is 6.69. The molecule has 0 amide bonds. The van der Waals surface area contributed by atoms with Crippen LogP contribution in [0.1, 0.15) is 56.1 Å². The average molecular weight is 290 g/mol. The Bertz CT molecular complexity index is 447. The molecule has 2 heteroatoms. The Morgan fingerprint density at radius 2 is 1.70 bits per heavy atom. The predicted octanol–water partition coefficient (Wildman–Crippen LogP) is 4.82. The molecule has 20 heavy (non-hydrogen) atoms. The van der Waals surface area contributed by atoms with E-state index < -0.39 is 0 Å². The first-order valence-electron chi connectivity index (χ1n) is 8.17. The third kappa shape index (κ3) is 3.16. The molecule has 1 aromatic rings. The van der Waals surface area contributed by atoms with Crippen molar-refractivity contribution < 1.29 is 4.74 Å². The molecule has 0 saturated heterocycles. The zero-order chi connectivity index (χ0) is 13.8. The van der Waals surface area contributed by atoms with Gasteiger partial charge in [0, 0.05) is 5.41 Å². The van der Waals surface area contributed by atoms with Crippen LogP contribution in [0, 0.1) is 5.41 Å². The minimum Gasteiger partial charge on any atom is -0.493 e. The van der Waals surface area contributed by atoms with Crippen LogP contribution in [0.3, 0.4) is 0 Å². The van der Waals surface area contributed by atoms with E-state index in [0.29, 0.717) is 5.41 Å². The molecule has 1 aromatic carbocycles. The van der Waals surface area contributed by atoms with Crippen LogP contribution in [0.5, 0.6) is 5.75 Å². The van der Waals surface area contributed by atoms with Crippen LogP contribution < -0.4 is 4.74 Å². The van der Waals surface area contributed by atoms with Crippen LogP contribution in [0.25, 0.3) is 0 Å². The maximum atomic E-state index is 6.17. The minimum atomic E-state index is 0.304. The van der Waals surface area contributed by atoms with E-state index in [0.717, 1.165) is 18.1 Å². The van der Waals surface area contributed by atoms with Gasteiger partial charge < -0.3 is 4.74 Å². The summed E-state index contributed by atoms with van der Waals surface area (Å²) in [5, 5.41) is 0. The number of thiol groups is 1. The third-order valence-electron chi connectivity index (χ3n) is 5.11. The standard InChI is InChI=1S/C18H26OS/c20-14-18(10-3-1-2-4-11-18)13-19-17-9-8-15-6-5-7-16(15)12-17/h8-9,12,20H,1-7,10-11,13-14H2. The highest BCUT2D eigenvalue weighted by atomic mass is 32.1. The lowest BCUT2D eigenvalue weighted by atomic mass is 9.83. The van der Waals surface area contributed by atoms with Gasteiger partial charge in [0.15, 0.2) is 0 Å². The zero-order valence-corrected chi connectivity index (χ0v) is 13.3. The first-order valence-corrected chi connectivity index (χ1v) is 8.80. The van der Waals surface area contributed by atoms with Crippen LogP contribution in [-0.4, -0.2) is 12.4 Å². The van der Waals surface area contributed by atoms with Gasteiger partial charge in [-0.05, 0) is 61.1 Å². The lowest BCUT2D eigenvalue weighted by Crippen LogP contribution is -2.30. The van der Waals surface area contributed by atoms with Gasteiger partial charge in [0.2, 0.25) is 0 Å². The molecule has 1 fully saturated rings. The second-order valence-corrected chi connectivity index (χ2v) is 6.96. The molecule has 2 aliphatic carbocycles. The SMILES string of the molecule is SCC1(COc2ccc3c(c2)CCC3)CCCCCC1. The molecule has 3 rings (SSSR count). The summed E-state index contributed by atoms with van der Waals surface area (Å²) < 4.78 is 6.17. The maximum Gasteiger partial charge on any atom is 0.119 e. The maximum absolute atomic E-state index is 6.17. The van der Waals surface area contributed by atoms with E-state index >= 15 is 0 Å². The largest absolute Gasteiger partial charge is 0.493 e. The van der Waals surface area contributed by atoms with E-state index in [2.05, 4.69) is 30.8 Å². The van der Waals surface area contributed by atoms with Gasteiger partial charge in [-0.2, -0.15) is 12.6 Å². The molecule has 0 heterocycles. The first kappa shape index (κ1) is 14.3. The molecule has 0 unspecified atom stereocenters. The lowest BCUT2D eigenvalue weighted by Gasteiger charge is -2.31. The minimum absolute atomic E-state index is 0.304. The first-order chi connectivity index (χ1) is 9.81. The summed E-state index contributed by atoms with van der Waals surface area (Å²) in [4.78, 5) is 0. The quantitative estimate of drug-likeness (QED) is 0.617. The number of aryl methyl sites for hydroxylation is 2. The van der Waals surface area contributed by atoms with Gasteiger partial charge in [-0.1, -0.05) is 31.7 Å². The molecule has 1 nitrogen and oxygen atoms in total. The fourth-order valence-corrected chi connectivity index (χ4v) is 4.11. The highest BCUT2D eigenvalue weighted by Crippen LogP contribution is 2.37. The molecule has 0 spiro atoms. The van der Waals surface area contributed by atoms with Crippen molar-refractivity contribution in [1.29, 1.82) is 0 Å². The lowest BCUT2D eigenvalue weighted by molar-refractivity contribution is 0.148. The van der Waals surface area contributed by atoms with Crippen molar-refractivity contribution in [3.63, 3.8) is 0 Å².